The molecular formula is C21H13N3O2S. The highest BCUT2D eigenvalue weighted by molar-refractivity contribution is 7.18. The number of hydrogen-bond acceptors (Lipinski definition) is 4. The molecule has 0 atom stereocenters. The van der Waals surface area contributed by atoms with Gasteiger partial charge in [-0.15, -0.1) is 0 Å². The second-order valence-corrected chi connectivity index (χ2v) is 7.16. The standard InChI is InChI=1S/C21H13N3O2S/c25-19-12-18(27-21-23-16-9-3-4-11-17(16)24(19)21)20(26)22-15-10-5-7-13-6-1-2-8-14(13)15/h1-12H,(H,22,26). The number of amides is 1. The van der Waals surface area contributed by atoms with E-state index in [0.717, 1.165) is 21.8 Å². The van der Waals surface area contributed by atoms with Gasteiger partial charge >= 0.3 is 0 Å². The van der Waals surface area contributed by atoms with E-state index in [1.54, 1.807) is 0 Å². The zero-order valence-corrected chi connectivity index (χ0v) is 14.9. The molecule has 3 aromatic carbocycles. The molecule has 0 saturated heterocycles. The number of anilines is 1. The Bertz CT molecular complexity index is 1400. The molecule has 5 aromatic rings. The van der Waals surface area contributed by atoms with Crippen LogP contribution >= 0.6 is 11.3 Å². The number of aromatic nitrogens is 2. The van der Waals surface area contributed by atoms with E-state index in [9.17, 15) is 9.59 Å². The zero-order chi connectivity index (χ0) is 18.4. The van der Waals surface area contributed by atoms with Crippen molar-refractivity contribution in [1.29, 1.82) is 0 Å². The normalized spacial score (nSPS) is 11.3. The van der Waals surface area contributed by atoms with Crippen molar-refractivity contribution in [3.63, 3.8) is 0 Å². The number of benzene rings is 3. The predicted octanol–water partition coefficient (Wildman–Crippen LogP) is 4.31. The molecule has 0 aliphatic carbocycles. The van der Waals surface area contributed by atoms with Gasteiger partial charge < -0.3 is 5.32 Å². The van der Waals surface area contributed by atoms with Crippen LogP contribution < -0.4 is 10.9 Å². The minimum Gasteiger partial charge on any atom is -0.321 e. The predicted molar refractivity (Wildman–Crippen MR) is 109 cm³/mol. The number of carbonyl (C=O) groups is 1. The maximum atomic E-state index is 12.8. The molecule has 130 valence electrons. The molecule has 0 aliphatic heterocycles. The fourth-order valence-electron chi connectivity index (χ4n) is 3.22. The summed E-state index contributed by atoms with van der Waals surface area (Å²) < 4.78 is 1.54. The van der Waals surface area contributed by atoms with Crippen molar-refractivity contribution < 1.29 is 4.79 Å². The summed E-state index contributed by atoms with van der Waals surface area (Å²) in [4.78, 5) is 30.7. The van der Waals surface area contributed by atoms with Crippen LogP contribution in [0.5, 0.6) is 0 Å². The van der Waals surface area contributed by atoms with Crippen molar-refractivity contribution in [2.75, 3.05) is 5.32 Å². The molecule has 0 saturated carbocycles. The van der Waals surface area contributed by atoms with E-state index in [1.165, 1.54) is 21.8 Å². The molecule has 27 heavy (non-hydrogen) atoms. The molecule has 5 nitrogen and oxygen atoms in total. The molecule has 5 rings (SSSR count). The van der Waals surface area contributed by atoms with Crippen LogP contribution in [0, 0.1) is 0 Å². The fraction of sp³-hybridized carbons (Fsp3) is 0. The smallest absolute Gasteiger partial charge is 0.266 e. The van der Waals surface area contributed by atoms with Crippen molar-refractivity contribution in [2.45, 2.75) is 0 Å². The lowest BCUT2D eigenvalue weighted by atomic mass is 10.1. The van der Waals surface area contributed by atoms with Crippen LogP contribution in [0.4, 0.5) is 5.69 Å². The van der Waals surface area contributed by atoms with Crippen LogP contribution in [0.25, 0.3) is 26.8 Å². The molecule has 0 fully saturated rings. The van der Waals surface area contributed by atoms with Gasteiger partial charge in [-0.1, -0.05) is 59.9 Å². The van der Waals surface area contributed by atoms with Gasteiger partial charge in [-0.2, -0.15) is 0 Å². The molecule has 0 bridgehead atoms. The van der Waals surface area contributed by atoms with Gasteiger partial charge in [0.25, 0.3) is 11.5 Å². The summed E-state index contributed by atoms with van der Waals surface area (Å²) in [6.45, 7) is 0. The maximum absolute atomic E-state index is 12.8. The number of nitrogens with one attached hydrogen (secondary N) is 1. The van der Waals surface area contributed by atoms with Gasteiger partial charge in [0.1, 0.15) is 4.88 Å². The van der Waals surface area contributed by atoms with Gasteiger partial charge in [-0.3, -0.25) is 14.0 Å². The van der Waals surface area contributed by atoms with E-state index < -0.39 is 0 Å². The first kappa shape index (κ1) is 15.7. The van der Waals surface area contributed by atoms with Crippen molar-refractivity contribution in [2.24, 2.45) is 0 Å². The molecule has 2 heterocycles. The highest BCUT2D eigenvalue weighted by atomic mass is 32.1. The SMILES string of the molecule is O=C(Nc1cccc2ccccc12)c1cc(=O)n2c(nc3ccccc32)s1. The molecule has 0 radical (unpaired) electrons. The Balaban J connectivity index is 1.59. The van der Waals surface area contributed by atoms with Crippen LogP contribution in [-0.2, 0) is 0 Å². The molecular weight excluding hydrogens is 358 g/mol. The van der Waals surface area contributed by atoms with Crippen LogP contribution in [0.15, 0.2) is 77.6 Å². The third-order valence-electron chi connectivity index (χ3n) is 4.47. The third kappa shape index (κ3) is 2.58. The lowest BCUT2D eigenvalue weighted by Gasteiger charge is -2.08. The molecule has 0 aliphatic rings. The van der Waals surface area contributed by atoms with E-state index in [1.807, 2.05) is 66.7 Å². The molecule has 0 unspecified atom stereocenters. The summed E-state index contributed by atoms with van der Waals surface area (Å²) >= 11 is 1.20. The van der Waals surface area contributed by atoms with Gasteiger partial charge in [-0.05, 0) is 23.6 Å². The van der Waals surface area contributed by atoms with Crippen molar-refractivity contribution in [3.05, 3.63) is 88.0 Å². The quantitative estimate of drug-likeness (QED) is 0.503. The topological polar surface area (TPSA) is 63.5 Å². The second kappa shape index (κ2) is 6.03. The summed E-state index contributed by atoms with van der Waals surface area (Å²) in [5.74, 6) is -0.317. The first-order chi connectivity index (χ1) is 13.2. The molecule has 0 spiro atoms. The number of nitrogens with zero attached hydrogens (tertiary/aromatic N) is 2. The summed E-state index contributed by atoms with van der Waals surface area (Å²) in [5.41, 5.74) is 1.93. The number of para-hydroxylation sites is 2. The van der Waals surface area contributed by atoms with Gasteiger partial charge in [0.15, 0.2) is 4.96 Å². The Morgan fingerprint density at radius 3 is 2.67 bits per heavy atom. The lowest BCUT2D eigenvalue weighted by molar-refractivity contribution is 0.103. The molecule has 2 aromatic heterocycles. The highest BCUT2D eigenvalue weighted by Gasteiger charge is 2.14. The van der Waals surface area contributed by atoms with Gasteiger partial charge in [0.2, 0.25) is 0 Å². The maximum Gasteiger partial charge on any atom is 0.266 e. The number of rotatable bonds is 2. The largest absolute Gasteiger partial charge is 0.321 e. The van der Waals surface area contributed by atoms with Crippen molar-refractivity contribution in [3.8, 4) is 0 Å². The van der Waals surface area contributed by atoms with E-state index >= 15 is 0 Å². The summed E-state index contributed by atoms with van der Waals surface area (Å²) in [7, 11) is 0. The number of fused-ring (bicyclic) bond motifs is 4. The lowest BCUT2D eigenvalue weighted by Crippen LogP contribution is -2.17. The number of imidazole rings is 1. The van der Waals surface area contributed by atoms with Gasteiger partial charge in [0.05, 0.1) is 11.0 Å². The molecule has 1 amide bonds. The average Bonchev–Trinajstić information content (AvgIpc) is 3.07. The average molecular weight is 371 g/mol. The van der Waals surface area contributed by atoms with E-state index in [-0.39, 0.29) is 11.5 Å². The van der Waals surface area contributed by atoms with Crippen LogP contribution in [0.1, 0.15) is 9.67 Å². The Labute approximate surface area is 157 Å². The van der Waals surface area contributed by atoms with E-state index in [4.69, 9.17) is 0 Å². The minimum atomic E-state index is -0.317. The first-order valence-electron chi connectivity index (χ1n) is 8.41. The zero-order valence-electron chi connectivity index (χ0n) is 14.0. The second-order valence-electron chi connectivity index (χ2n) is 6.15. The van der Waals surface area contributed by atoms with E-state index in [0.29, 0.717) is 15.5 Å². The molecule has 1 N–H and O–H groups in total. The number of carbonyl (C=O) groups excluding carboxylic acids is 1. The fourth-order valence-corrected chi connectivity index (χ4v) is 4.14. The van der Waals surface area contributed by atoms with Crippen LogP contribution in [0.3, 0.4) is 0 Å². The van der Waals surface area contributed by atoms with Gasteiger partial charge in [0, 0.05) is 17.1 Å². The Morgan fingerprint density at radius 2 is 1.74 bits per heavy atom. The number of hydrogen-bond donors (Lipinski definition) is 1. The molecule has 6 heteroatoms. The van der Waals surface area contributed by atoms with Crippen LogP contribution in [0.2, 0.25) is 0 Å². The summed E-state index contributed by atoms with van der Waals surface area (Å²) in [5, 5.41) is 4.91. The van der Waals surface area contributed by atoms with Gasteiger partial charge in [-0.25, -0.2) is 4.98 Å². The minimum absolute atomic E-state index is 0.263. The third-order valence-corrected chi connectivity index (χ3v) is 5.45. The van der Waals surface area contributed by atoms with Crippen molar-refractivity contribution in [1.82, 2.24) is 9.38 Å². The Kier molecular flexibility index (Phi) is 3.51. The summed E-state index contributed by atoms with van der Waals surface area (Å²) in [6, 6.07) is 22.4. The monoisotopic (exact) mass is 371 g/mol. The Hall–Kier alpha value is -3.51. The first-order valence-corrected chi connectivity index (χ1v) is 9.23. The van der Waals surface area contributed by atoms with Crippen molar-refractivity contribution >= 4 is 49.7 Å². The highest BCUT2D eigenvalue weighted by Crippen LogP contribution is 2.25. The summed E-state index contributed by atoms with van der Waals surface area (Å²) in [6.07, 6.45) is 0. The van der Waals surface area contributed by atoms with E-state index in [2.05, 4.69) is 10.3 Å². The van der Waals surface area contributed by atoms with Crippen LogP contribution in [-0.4, -0.2) is 15.3 Å². The Morgan fingerprint density at radius 1 is 0.963 bits per heavy atom.